The molecule has 0 saturated carbocycles. The number of imidazole rings is 1. The quantitative estimate of drug-likeness (QED) is 0.518. The van der Waals surface area contributed by atoms with Crippen molar-refractivity contribution in [2.45, 2.75) is 50.6 Å². The molecule has 3 heterocycles. The zero-order valence-corrected chi connectivity index (χ0v) is 18.0. The summed E-state index contributed by atoms with van der Waals surface area (Å²) in [5.41, 5.74) is -0.751. The van der Waals surface area contributed by atoms with Crippen LogP contribution < -0.4 is 10.1 Å². The number of nitrogens with zero attached hydrogens (tertiary/aromatic N) is 4. The second kappa shape index (κ2) is 8.65. The molecule has 2 aromatic rings. The van der Waals surface area contributed by atoms with Gasteiger partial charge in [0.1, 0.15) is 11.8 Å². The summed E-state index contributed by atoms with van der Waals surface area (Å²) < 4.78 is 45.5. The molecule has 2 aliphatic rings. The number of amides is 1. The third-order valence-electron chi connectivity index (χ3n) is 5.91. The van der Waals surface area contributed by atoms with Crippen molar-refractivity contribution in [3.8, 4) is 6.01 Å². The van der Waals surface area contributed by atoms with Crippen molar-refractivity contribution in [1.82, 2.24) is 19.8 Å². The van der Waals surface area contributed by atoms with Crippen molar-refractivity contribution in [1.29, 1.82) is 0 Å². The van der Waals surface area contributed by atoms with Crippen LogP contribution >= 0.6 is 0 Å². The highest BCUT2D eigenvalue weighted by molar-refractivity contribution is 5.78. The smallest absolute Gasteiger partial charge is 0.416 e. The molecule has 1 amide bonds. The Morgan fingerprint density at radius 2 is 1.97 bits per heavy atom. The van der Waals surface area contributed by atoms with Gasteiger partial charge < -0.3 is 20.2 Å². The van der Waals surface area contributed by atoms with E-state index in [4.69, 9.17) is 4.74 Å². The standard InChI is InChI=1S/C21H24F3N5O4/c1-20(13-28-11-17(29(31)32)26-19(28)33-20)12-27-8-6-16(7-9-27)25-18(30)10-14-2-4-15(5-3-14)21(22,23)24/h2-5,11,16H,6-10,12-13H2,1H3,(H,25,30). The van der Waals surface area contributed by atoms with Crippen LogP contribution in [-0.4, -0.2) is 56.6 Å². The van der Waals surface area contributed by atoms with Gasteiger partial charge in [-0.2, -0.15) is 13.2 Å². The zero-order chi connectivity index (χ0) is 23.8. The maximum Gasteiger partial charge on any atom is 0.416 e. The molecule has 1 unspecified atom stereocenters. The summed E-state index contributed by atoms with van der Waals surface area (Å²) >= 11 is 0. The summed E-state index contributed by atoms with van der Waals surface area (Å²) in [6.07, 6.45) is -1.51. The number of rotatable bonds is 6. The Balaban J connectivity index is 1.22. The number of hydrogen-bond donors (Lipinski definition) is 1. The van der Waals surface area contributed by atoms with Gasteiger partial charge in [-0.05, 0) is 42.4 Å². The fraction of sp³-hybridized carbons (Fsp3) is 0.524. The van der Waals surface area contributed by atoms with Crippen LogP contribution in [0.15, 0.2) is 30.5 Å². The third-order valence-corrected chi connectivity index (χ3v) is 5.91. The molecule has 1 N–H and O–H groups in total. The Hall–Kier alpha value is -3.15. The number of piperidine rings is 1. The number of likely N-dealkylation sites (tertiary alicyclic amines) is 1. The summed E-state index contributed by atoms with van der Waals surface area (Å²) in [6, 6.07) is 4.86. The molecular formula is C21H24F3N5O4. The highest BCUT2D eigenvalue weighted by Crippen LogP contribution is 2.32. The van der Waals surface area contributed by atoms with Crippen LogP contribution in [0.2, 0.25) is 0 Å². The van der Waals surface area contributed by atoms with Crippen LogP contribution in [0.4, 0.5) is 19.0 Å². The van der Waals surface area contributed by atoms with E-state index in [2.05, 4.69) is 15.2 Å². The van der Waals surface area contributed by atoms with E-state index in [0.717, 1.165) is 38.1 Å². The first kappa shape index (κ1) is 23.0. The van der Waals surface area contributed by atoms with Crippen molar-refractivity contribution < 1.29 is 27.6 Å². The van der Waals surface area contributed by atoms with Crippen molar-refractivity contribution in [2.75, 3.05) is 19.6 Å². The molecule has 1 atom stereocenters. The fourth-order valence-electron chi connectivity index (χ4n) is 4.35. The minimum absolute atomic E-state index is 0.00131. The molecule has 9 nitrogen and oxygen atoms in total. The topological polar surface area (TPSA) is 103 Å². The zero-order valence-electron chi connectivity index (χ0n) is 18.0. The Bertz CT molecular complexity index is 1010. The molecule has 2 aliphatic heterocycles. The Kier molecular flexibility index (Phi) is 6.04. The van der Waals surface area contributed by atoms with E-state index < -0.39 is 22.3 Å². The first-order valence-corrected chi connectivity index (χ1v) is 10.6. The largest absolute Gasteiger partial charge is 0.436 e. The first-order chi connectivity index (χ1) is 15.5. The van der Waals surface area contributed by atoms with Gasteiger partial charge in [-0.3, -0.25) is 14.3 Å². The van der Waals surface area contributed by atoms with Gasteiger partial charge in [0.15, 0.2) is 0 Å². The van der Waals surface area contributed by atoms with Gasteiger partial charge in [0.05, 0.1) is 18.5 Å². The SMILES string of the molecule is CC1(CN2CCC(NC(=O)Cc3ccc(C(F)(F)F)cc3)CC2)Cn2cc([N+](=O)[O-])nc2O1. The number of halogens is 3. The molecule has 1 saturated heterocycles. The van der Waals surface area contributed by atoms with E-state index in [0.29, 0.717) is 18.7 Å². The van der Waals surface area contributed by atoms with Gasteiger partial charge >= 0.3 is 18.0 Å². The van der Waals surface area contributed by atoms with Crippen LogP contribution in [-0.2, 0) is 23.9 Å². The maximum atomic E-state index is 12.7. The number of ether oxygens (including phenoxy) is 1. The summed E-state index contributed by atoms with van der Waals surface area (Å²) in [5, 5.41) is 13.8. The molecule has 0 aliphatic carbocycles. The lowest BCUT2D eigenvalue weighted by Crippen LogP contribution is -2.50. The molecule has 33 heavy (non-hydrogen) atoms. The molecule has 1 fully saturated rings. The Morgan fingerprint density at radius 3 is 2.55 bits per heavy atom. The summed E-state index contributed by atoms with van der Waals surface area (Å²) in [6.45, 7) is 4.51. The van der Waals surface area contributed by atoms with Crippen LogP contribution in [0, 0.1) is 10.1 Å². The molecule has 1 aromatic heterocycles. The lowest BCUT2D eigenvalue weighted by Gasteiger charge is -2.36. The van der Waals surface area contributed by atoms with Crippen LogP contribution in [0.25, 0.3) is 0 Å². The van der Waals surface area contributed by atoms with Gasteiger partial charge in [-0.25, -0.2) is 0 Å². The lowest BCUT2D eigenvalue weighted by molar-refractivity contribution is -0.389. The van der Waals surface area contributed by atoms with Crippen molar-refractivity contribution in [3.05, 3.63) is 51.7 Å². The van der Waals surface area contributed by atoms with Gasteiger partial charge in [-0.1, -0.05) is 12.1 Å². The number of carbonyl (C=O) groups is 1. The maximum absolute atomic E-state index is 12.7. The number of aromatic nitrogens is 2. The number of carbonyl (C=O) groups excluding carboxylic acids is 1. The van der Waals surface area contributed by atoms with E-state index in [9.17, 15) is 28.1 Å². The van der Waals surface area contributed by atoms with Gasteiger partial charge in [0, 0.05) is 30.7 Å². The Morgan fingerprint density at radius 1 is 1.30 bits per heavy atom. The molecular weight excluding hydrogens is 443 g/mol. The average molecular weight is 467 g/mol. The predicted molar refractivity (Wildman–Crippen MR) is 111 cm³/mol. The normalized spacial score (nSPS) is 21.5. The van der Waals surface area contributed by atoms with Gasteiger partial charge in [0.2, 0.25) is 5.91 Å². The second-order valence-electron chi connectivity index (χ2n) is 8.81. The van der Waals surface area contributed by atoms with E-state index in [1.165, 1.54) is 18.3 Å². The van der Waals surface area contributed by atoms with Crippen molar-refractivity contribution >= 4 is 11.7 Å². The summed E-state index contributed by atoms with van der Waals surface area (Å²) in [5.74, 6) is -0.453. The van der Waals surface area contributed by atoms with E-state index in [1.54, 1.807) is 4.57 Å². The molecule has 0 spiro atoms. The highest BCUT2D eigenvalue weighted by atomic mass is 19.4. The molecule has 178 valence electrons. The summed E-state index contributed by atoms with van der Waals surface area (Å²) in [7, 11) is 0. The molecule has 0 bridgehead atoms. The number of nitro groups is 1. The molecule has 0 radical (unpaired) electrons. The predicted octanol–water partition coefficient (Wildman–Crippen LogP) is 2.78. The van der Waals surface area contributed by atoms with Crippen molar-refractivity contribution in [2.24, 2.45) is 0 Å². The van der Waals surface area contributed by atoms with E-state index in [1.807, 2.05) is 6.92 Å². The fourth-order valence-corrected chi connectivity index (χ4v) is 4.35. The number of hydrogen-bond acceptors (Lipinski definition) is 6. The average Bonchev–Trinajstić information content (AvgIpc) is 3.24. The third kappa shape index (κ3) is 5.44. The van der Waals surface area contributed by atoms with Crippen LogP contribution in [0.3, 0.4) is 0 Å². The Labute approximate surface area is 187 Å². The van der Waals surface area contributed by atoms with Gasteiger partial charge in [-0.15, -0.1) is 0 Å². The number of nitrogens with one attached hydrogen (secondary N) is 1. The number of alkyl halides is 3. The monoisotopic (exact) mass is 467 g/mol. The van der Waals surface area contributed by atoms with E-state index >= 15 is 0 Å². The number of benzene rings is 1. The van der Waals surface area contributed by atoms with E-state index in [-0.39, 0.29) is 30.2 Å². The van der Waals surface area contributed by atoms with Crippen molar-refractivity contribution in [3.63, 3.8) is 0 Å². The van der Waals surface area contributed by atoms with Gasteiger partial charge in [0.25, 0.3) is 0 Å². The second-order valence-corrected chi connectivity index (χ2v) is 8.81. The minimum Gasteiger partial charge on any atom is -0.436 e. The molecule has 4 rings (SSSR count). The van der Waals surface area contributed by atoms with Crippen LogP contribution in [0.5, 0.6) is 6.01 Å². The summed E-state index contributed by atoms with van der Waals surface area (Å²) in [4.78, 5) is 28.7. The molecule has 1 aromatic carbocycles. The minimum atomic E-state index is -4.40. The first-order valence-electron chi connectivity index (χ1n) is 10.6. The molecule has 12 heteroatoms. The highest BCUT2D eigenvalue weighted by Gasteiger charge is 2.42. The number of fused-ring (bicyclic) bond motifs is 1. The van der Waals surface area contributed by atoms with Crippen LogP contribution in [0.1, 0.15) is 30.9 Å². The lowest BCUT2D eigenvalue weighted by atomic mass is 10.0.